The van der Waals surface area contributed by atoms with Crippen LogP contribution in [-0.4, -0.2) is 28.3 Å². The van der Waals surface area contributed by atoms with Crippen LogP contribution in [0.15, 0.2) is 0 Å². The summed E-state index contributed by atoms with van der Waals surface area (Å²) in [5.41, 5.74) is -1.22. The number of hydrogen-bond donors (Lipinski definition) is 1. The highest BCUT2D eigenvalue weighted by Gasteiger charge is 2.45. The number of Topliss-reactive ketones (excluding diaryl/α,β-unsaturated/α-hetero) is 1. The Balaban J connectivity index is 2.58. The molecule has 0 aromatic heterocycles. The Labute approximate surface area is 104 Å². The molecule has 4 nitrogen and oxygen atoms in total. The van der Waals surface area contributed by atoms with Crippen molar-refractivity contribution >= 4 is 27.8 Å². The maximum Gasteiger partial charge on any atom is 0.408 e. The van der Waals surface area contributed by atoms with Crippen molar-refractivity contribution in [1.82, 2.24) is 5.32 Å². The summed E-state index contributed by atoms with van der Waals surface area (Å²) in [6, 6.07) is 0. The lowest BCUT2D eigenvalue weighted by Gasteiger charge is -2.40. The van der Waals surface area contributed by atoms with Gasteiger partial charge in [-0.1, -0.05) is 15.9 Å². The molecule has 92 valence electrons. The van der Waals surface area contributed by atoms with Crippen LogP contribution in [0.1, 0.15) is 40.0 Å². The number of ketones is 1. The topological polar surface area (TPSA) is 55.4 Å². The molecule has 1 saturated carbocycles. The third-order valence-electron chi connectivity index (χ3n) is 2.60. The summed E-state index contributed by atoms with van der Waals surface area (Å²) >= 11 is 3.13. The fraction of sp³-hybridized carbons (Fsp3) is 0.818. The molecule has 0 aromatic carbocycles. The molecule has 0 saturated heterocycles. The van der Waals surface area contributed by atoms with Gasteiger partial charge in [-0.25, -0.2) is 4.79 Å². The highest BCUT2D eigenvalue weighted by Crippen LogP contribution is 2.33. The van der Waals surface area contributed by atoms with Gasteiger partial charge in [-0.05, 0) is 40.0 Å². The normalized spacial score (nSPS) is 18.5. The second-order valence-electron chi connectivity index (χ2n) is 5.12. The third kappa shape index (κ3) is 3.20. The van der Waals surface area contributed by atoms with E-state index >= 15 is 0 Å². The fourth-order valence-electron chi connectivity index (χ4n) is 1.63. The number of ether oxygens (including phenoxy) is 1. The van der Waals surface area contributed by atoms with E-state index in [9.17, 15) is 9.59 Å². The first-order valence-corrected chi connectivity index (χ1v) is 6.52. The molecule has 0 radical (unpaired) electrons. The molecule has 1 aliphatic rings. The maximum atomic E-state index is 11.7. The summed E-state index contributed by atoms with van der Waals surface area (Å²) in [5.74, 6) is 0.0182. The van der Waals surface area contributed by atoms with Gasteiger partial charge in [0, 0.05) is 0 Å². The van der Waals surface area contributed by atoms with Crippen molar-refractivity contribution in [2.24, 2.45) is 0 Å². The van der Waals surface area contributed by atoms with Gasteiger partial charge in [0.1, 0.15) is 11.1 Å². The molecule has 0 unspecified atom stereocenters. The van der Waals surface area contributed by atoms with Gasteiger partial charge in [0.25, 0.3) is 0 Å². The Morgan fingerprint density at radius 1 is 1.38 bits per heavy atom. The number of amides is 1. The molecule has 0 spiro atoms. The van der Waals surface area contributed by atoms with Crippen molar-refractivity contribution in [1.29, 1.82) is 0 Å². The number of alkyl carbamates (subject to hydrolysis) is 1. The molecular weight excluding hydrogens is 274 g/mol. The van der Waals surface area contributed by atoms with Crippen molar-refractivity contribution in [2.75, 3.05) is 5.33 Å². The van der Waals surface area contributed by atoms with Crippen molar-refractivity contribution in [3.05, 3.63) is 0 Å². The second-order valence-corrected chi connectivity index (χ2v) is 5.68. The van der Waals surface area contributed by atoms with Gasteiger partial charge in [-0.15, -0.1) is 0 Å². The average molecular weight is 292 g/mol. The van der Waals surface area contributed by atoms with E-state index in [2.05, 4.69) is 21.2 Å². The molecule has 1 fully saturated rings. The zero-order valence-corrected chi connectivity index (χ0v) is 11.5. The molecule has 1 N–H and O–H groups in total. The van der Waals surface area contributed by atoms with Crippen molar-refractivity contribution in [2.45, 2.75) is 51.2 Å². The summed E-state index contributed by atoms with van der Waals surface area (Å²) in [6.45, 7) is 5.39. The van der Waals surface area contributed by atoms with Crippen LogP contribution in [-0.2, 0) is 9.53 Å². The van der Waals surface area contributed by atoms with E-state index in [-0.39, 0.29) is 11.1 Å². The minimum atomic E-state index is -0.689. The highest BCUT2D eigenvalue weighted by molar-refractivity contribution is 9.09. The van der Waals surface area contributed by atoms with E-state index in [1.807, 2.05) is 0 Å². The van der Waals surface area contributed by atoms with Crippen molar-refractivity contribution in [3.8, 4) is 0 Å². The van der Waals surface area contributed by atoms with Gasteiger partial charge >= 0.3 is 6.09 Å². The molecule has 0 bridgehead atoms. The molecule has 5 heteroatoms. The second kappa shape index (κ2) is 4.73. The summed E-state index contributed by atoms with van der Waals surface area (Å²) < 4.78 is 5.15. The van der Waals surface area contributed by atoms with Crippen molar-refractivity contribution < 1.29 is 14.3 Å². The van der Waals surface area contributed by atoms with E-state index in [0.29, 0.717) is 12.8 Å². The first-order valence-electron chi connectivity index (χ1n) is 5.39. The van der Waals surface area contributed by atoms with E-state index in [1.165, 1.54) is 0 Å². The largest absolute Gasteiger partial charge is 0.444 e. The highest BCUT2D eigenvalue weighted by atomic mass is 79.9. The zero-order valence-electron chi connectivity index (χ0n) is 9.93. The Morgan fingerprint density at radius 2 is 1.94 bits per heavy atom. The number of hydrogen-bond acceptors (Lipinski definition) is 3. The summed E-state index contributed by atoms with van der Waals surface area (Å²) in [6.07, 6.45) is 1.86. The third-order valence-corrected chi connectivity index (χ3v) is 3.11. The average Bonchev–Trinajstić information content (AvgIpc) is 2.07. The summed E-state index contributed by atoms with van der Waals surface area (Å²) in [7, 11) is 0. The number of carbonyl (C=O) groups excluding carboxylic acids is 2. The molecule has 1 aliphatic carbocycles. The standard InChI is InChI=1S/C11H18BrNO3/c1-10(2,3)16-9(15)13-11(5-4-6-11)8(14)7-12/h4-7H2,1-3H3,(H,13,15). The maximum absolute atomic E-state index is 11.7. The van der Waals surface area contributed by atoms with Gasteiger partial charge < -0.3 is 10.1 Å². The Kier molecular flexibility index (Phi) is 3.99. The van der Waals surface area contributed by atoms with Gasteiger partial charge in [0.15, 0.2) is 5.78 Å². The van der Waals surface area contributed by atoms with Gasteiger partial charge in [0.05, 0.1) is 5.33 Å². The number of carbonyl (C=O) groups is 2. The number of nitrogens with one attached hydrogen (secondary N) is 1. The lowest BCUT2D eigenvalue weighted by Crippen LogP contribution is -2.60. The molecule has 0 atom stereocenters. The predicted octanol–water partition coefficient (Wildman–Crippen LogP) is 2.40. The molecule has 0 aromatic rings. The number of rotatable bonds is 3. The van der Waals surface area contributed by atoms with E-state index < -0.39 is 17.2 Å². The van der Waals surface area contributed by atoms with Crippen LogP contribution >= 0.6 is 15.9 Å². The lowest BCUT2D eigenvalue weighted by molar-refractivity contribution is -0.126. The first kappa shape index (κ1) is 13.5. The van der Waals surface area contributed by atoms with Gasteiger partial charge in [0.2, 0.25) is 0 Å². The fourth-order valence-corrected chi connectivity index (χ4v) is 2.17. The minimum absolute atomic E-state index is 0.0182. The lowest BCUT2D eigenvalue weighted by atomic mass is 9.74. The van der Waals surface area contributed by atoms with E-state index in [1.54, 1.807) is 20.8 Å². The first-order chi connectivity index (χ1) is 7.29. The van der Waals surface area contributed by atoms with Crippen LogP contribution < -0.4 is 5.32 Å². The molecule has 16 heavy (non-hydrogen) atoms. The minimum Gasteiger partial charge on any atom is -0.444 e. The molecular formula is C11H18BrNO3. The van der Waals surface area contributed by atoms with Crippen LogP contribution in [0.25, 0.3) is 0 Å². The van der Waals surface area contributed by atoms with E-state index in [0.717, 1.165) is 6.42 Å². The monoisotopic (exact) mass is 291 g/mol. The van der Waals surface area contributed by atoms with Crippen LogP contribution in [0.5, 0.6) is 0 Å². The van der Waals surface area contributed by atoms with Crippen LogP contribution in [0, 0.1) is 0 Å². The number of halogens is 1. The smallest absolute Gasteiger partial charge is 0.408 e. The predicted molar refractivity (Wildman–Crippen MR) is 64.8 cm³/mol. The van der Waals surface area contributed by atoms with Gasteiger partial charge in [-0.2, -0.15) is 0 Å². The van der Waals surface area contributed by atoms with Crippen molar-refractivity contribution in [3.63, 3.8) is 0 Å². The SMILES string of the molecule is CC(C)(C)OC(=O)NC1(C(=O)CBr)CCC1. The van der Waals surface area contributed by atoms with Gasteiger partial charge in [-0.3, -0.25) is 4.79 Å². The summed E-state index contributed by atoms with van der Waals surface area (Å²) in [4.78, 5) is 23.3. The Hall–Kier alpha value is -0.580. The van der Waals surface area contributed by atoms with Crippen LogP contribution in [0.2, 0.25) is 0 Å². The molecule has 0 heterocycles. The van der Waals surface area contributed by atoms with Crippen LogP contribution in [0.4, 0.5) is 4.79 Å². The summed E-state index contributed by atoms with van der Waals surface area (Å²) in [5, 5.41) is 2.96. The molecule has 1 amide bonds. The zero-order chi connectivity index (χ0) is 12.4. The van der Waals surface area contributed by atoms with E-state index in [4.69, 9.17) is 4.74 Å². The number of alkyl halides is 1. The van der Waals surface area contributed by atoms with Crippen LogP contribution in [0.3, 0.4) is 0 Å². The Morgan fingerprint density at radius 3 is 2.25 bits per heavy atom. The molecule has 0 aliphatic heterocycles. The Bertz CT molecular complexity index is 292. The quantitative estimate of drug-likeness (QED) is 0.813. The molecule has 1 rings (SSSR count).